The minimum atomic E-state index is -3.86. The van der Waals surface area contributed by atoms with Crippen molar-refractivity contribution in [1.29, 1.82) is 0 Å². The number of hydrogen-bond donors (Lipinski definition) is 0. The van der Waals surface area contributed by atoms with Crippen LogP contribution in [0.5, 0.6) is 0 Å². The molecule has 0 aromatic carbocycles. The van der Waals surface area contributed by atoms with E-state index < -0.39 is 17.2 Å². The SMILES string of the molecule is CC(C)COP(=O)(OCC(C)C)OC(Cl)C(Cl)(Cl)Cl. The molecule has 0 aromatic rings. The van der Waals surface area contributed by atoms with E-state index in [4.69, 9.17) is 60.0 Å². The molecule has 0 aromatic heterocycles. The van der Waals surface area contributed by atoms with Crippen molar-refractivity contribution in [2.75, 3.05) is 13.2 Å². The topological polar surface area (TPSA) is 44.8 Å². The second-order valence-electron chi connectivity index (χ2n) is 4.79. The van der Waals surface area contributed by atoms with Gasteiger partial charge in [-0.1, -0.05) is 74.1 Å². The van der Waals surface area contributed by atoms with Gasteiger partial charge >= 0.3 is 7.82 Å². The van der Waals surface area contributed by atoms with Gasteiger partial charge in [-0.15, -0.1) is 0 Å². The Kier molecular flexibility index (Phi) is 9.23. The van der Waals surface area contributed by atoms with Gasteiger partial charge < -0.3 is 0 Å². The molecule has 19 heavy (non-hydrogen) atoms. The van der Waals surface area contributed by atoms with E-state index in [0.29, 0.717) is 0 Å². The predicted molar refractivity (Wildman–Crippen MR) is 80.2 cm³/mol. The molecule has 0 spiro atoms. The molecule has 9 heteroatoms. The first-order valence-electron chi connectivity index (χ1n) is 5.74. The van der Waals surface area contributed by atoms with Crippen molar-refractivity contribution in [3.05, 3.63) is 0 Å². The maximum atomic E-state index is 12.4. The van der Waals surface area contributed by atoms with E-state index in [1.54, 1.807) is 0 Å². The highest BCUT2D eigenvalue weighted by Gasteiger charge is 2.40. The first-order chi connectivity index (χ1) is 8.46. The highest BCUT2D eigenvalue weighted by atomic mass is 35.6. The third kappa shape index (κ3) is 9.76. The zero-order chi connectivity index (χ0) is 15.3. The van der Waals surface area contributed by atoms with Crippen molar-refractivity contribution < 1.29 is 18.1 Å². The predicted octanol–water partition coefficient (Wildman–Crippen LogP) is 5.39. The summed E-state index contributed by atoms with van der Waals surface area (Å²) < 4.78 is 25.7. The van der Waals surface area contributed by atoms with Crippen molar-refractivity contribution in [3.8, 4) is 0 Å². The molecule has 0 bridgehead atoms. The van der Waals surface area contributed by atoms with Crippen LogP contribution in [-0.4, -0.2) is 22.6 Å². The summed E-state index contributed by atoms with van der Waals surface area (Å²) in [5, 5.41) is 0. The zero-order valence-corrected chi connectivity index (χ0v) is 15.2. The van der Waals surface area contributed by atoms with Gasteiger partial charge in [-0.3, -0.25) is 13.6 Å². The Balaban J connectivity index is 4.70. The van der Waals surface area contributed by atoms with Crippen LogP contribution in [0.15, 0.2) is 0 Å². The average Bonchev–Trinajstić information content (AvgIpc) is 2.22. The molecular formula is C10H19Cl4O4P. The van der Waals surface area contributed by atoms with Gasteiger partial charge in [-0.05, 0) is 11.8 Å². The van der Waals surface area contributed by atoms with Gasteiger partial charge in [0.1, 0.15) is 0 Å². The number of halogens is 4. The van der Waals surface area contributed by atoms with Crippen molar-refractivity contribution in [2.45, 2.75) is 37.1 Å². The zero-order valence-electron chi connectivity index (χ0n) is 11.2. The number of rotatable bonds is 8. The summed E-state index contributed by atoms with van der Waals surface area (Å²) in [6, 6.07) is 0. The largest absolute Gasteiger partial charge is 0.476 e. The fraction of sp³-hybridized carbons (Fsp3) is 1.00. The van der Waals surface area contributed by atoms with Crippen LogP contribution in [0.25, 0.3) is 0 Å². The van der Waals surface area contributed by atoms with Crippen LogP contribution in [0.4, 0.5) is 0 Å². The first-order valence-corrected chi connectivity index (χ1v) is 8.77. The highest BCUT2D eigenvalue weighted by molar-refractivity contribution is 7.48. The molecule has 0 fully saturated rings. The third-order valence-electron chi connectivity index (χ3n) is 1.61. The van der Waals surface area contributed by atoms with Gasteiger partial charge in [0.05, 0.1) is 13.2 Å². The van der Waals surface area contributed by atoms with E-state index >= 15 is 0 Å². The quantitative estimate of drug-likeness (QED) is 0.421. The highest BCUT2D eigenvalue weighted by Crippen LogP contribution is 2.54. The van der Waals surface area contributed by atoms with Crippen LogP contribution in [-0.2, 0) is 18.1 Å². The third-order valence-corrected chi connectivity index (χ3v) is 4.48. The molecule has 0 N–H and O–H groups in total. The first kappa shape index (κ1) is 20.3. The molecule has 1 atom stereocenters. The summed E-state index contributed by atoms with van der Waals surface area (Å²) in [4.78, 5) is 0. The molecule has 0 saturated heterocycles. The van der Waals surface area contributed by atoms with E-state index in [1.807, 2.05) is 27.7 Å². The van der Waals surface area contributed by atoms with E-state index in [9.17, 15) is 4.57 Å². The smallest absolute Gasteiger partial charge is 0.287 e. The molecule has 1 unspecified atom stereocenters. The minimum absolute atomic E-state index is 0.140. The van der Waals surface area contributed by atoms with Crippen LogP contribution in [0, 0.1) is 11.8 Å². The molecular weight excluding hydrogens is 357 g/mol. The van der Waals surface area contributed by atoms with Crippen LogP contribution in [0.3, 0.4) is 0 Å². The lowest BCUT2D eigenvalue weighted by Crippen LogP contribution is -2.23. The maximum Gasteiger partial charge on any atom is 0.476 e. The van der Waals surface area contributed by atoms with Crippen LogP contribution >= 0.6 is 54.2 Å². The number of alkyl halides is 4. The lowest BCUT2D eigenvalue weighted by atomic mass is 10.2. The summed E-state index contributed by atoms with van der Waals surface area (Å²) in [6.07, 6.45) is 0. The average molecular weight is 376 g/mol. The molecule has 0 aliphatic heterocycles. The normalized spacial score (nSPS) is 15.3. The second kappa shape index (κ2) is 8.65. The Morgan fingerprint density at radius 1 is 1.00 bits per heavy atom. The summed E-state index contributed by atoms with van der Waals surface area (Å²) in [7, 11) is -3.86. The molecule has 4 nitrogen and oxygen atoms in total. The van der Waals surface area contributed by atoms with Crippen molar-refractivity contribution in [1.82, 2.24) is 0 Å². The Morgan fingerprint density at radius 3 is 1.63 bits per heavy atom. The van der Waals surface area contributed by atoms with Crippen molar-refractivity contribution in [3.63, 3.8) is 0 Å². The van der Waals surface area contributed by atoms with Gasteiger partial charge in [0.2, 0.25) is 3.79 Å². The molecule has 0 rings (SSSR count). The van der Waals surface area contributed by atoms with Crippen molar-refractivity contribution >= 4 is 54.2 Å². The van der Waals surface area contributed by atoms with Gasteiger partial charge in [0.25, 0.3) is 0 Å². The molecule has 0 amide bonds. The summed E-state index contributed by atoms with van der Waals surface area (Å²) >= 11 is 22.4. The van der Waals surface area contributed by atoms with Crippen LogP contribution in [0.1, 0.15) is 27.7 Å². The van der Waals surface area contributed by atoms with Crippen LogP contribution < -0.4 is 0 Å². The lowest BCUT2D eigenvalue weighted by molar-refractivity contribution is 0.0879. The van der Waals surface area contributed by atoms with Gasteiger partial charge in [0.15, 0.2) is 5.56 Å². The van der Waals surface area contributed by atoms with Crippen LogP contribution in [0.2, 0.25) is 0 Å². The van der Waals surface area contributed by atoms with E-state index in [1.165, 1.54) is 0 Å². The van der Waals surface area contributed by atoms with E-state index in [-0.39, 0.29) is 25.0 Å². The number of hydrogen-bond acceptors (Lipinski definition) is 4. The fourth-order valence-corrected chi connectivity index (χ4v) is 2.91. The molecule has 0 aliphatic rings. The maximum absolute atomic E-state index is 12.4. The fourth-order valence-electron chi connectivity index (χ4n) is 0.752. The van der Waals surface area contributed by atoms with E-state index in [2.05, 4.69) is 0 Å². The van der Waals surface area contributed by atoms with Crippen molar-refractivity contribution in [2.24, 2.45) is 11.8 Å². The summed E-state index contributed by atoms with van der Waals surface area (Å²) in [5.41, 5.74) is -1.44. The van der Waals surface area contributed by atoms with Gasteiger partial charge in [-0.25, -0.2) is 4.57 Å². The number of phosphoric acid groups is 1. The monoisotopic (exact) mass is 374 g/mol. The lowest BCUT2D eigenvalue weighted by Gasteiger charge is -2.25. The molecule has 0 heterocycles. The molecule has 116 valence electrons. The Labute approximate surface area is 134 Å². The second-order valence-corrected chi connectivity index (χ2v) is 9.18. The van der Waals surface area contributed by atoms with E-state index in [0.717, 1.165) is 0 Å². The summed E-state index contributed by atoms with van der Waals surface area (Å²) in [5.74, 6) is 0.280. The molecule has 0 radical (unpaired) electrons. The Morgan fingerprint density at radius 2 is 1.37 bits per heavy atom. The van der Waals surface area contributed by atoms with Gasteiger partial charge in [0, 0.05) is 0 Å². The molecule has 0 saturated carbocycles. The molecule has 0 aliphatic carbocycles. The summed E-state index contributed by atoms with van der Waals surface area (Å²) in [6.45, 7) is 7.91. The Bertz CT molecular complexity index is 290. The Hall–Kier alpha value is 1.27. The number of phosphoric ester groups is 1. The minimum Gasteiger partial charge on any atom is -0.287 e. The standard InChI is InChI=1S/C10H19Cl4O4P/c1-7(2)5-16-19(15,17-6-8(3)4)18-9(11)10(12,13)14/h7-9H,5-6H2,1-4H3. The van der Waals surface area contributed by atoms with Gasteiger partial charge in [-0.2, -0.15) is 0 Å².